The normalized spacial score (nSPS) is 18.7. The Bertz CT molecular complexity index is 755. The molecule has 7 heteroatoms. The average Bonchev–Trinajstić information content (AvgIpc) is 2.70. The van der Waals surface area contributed by atoms with Gasteiger partial charge in [-0.25, -0.2) is 9.37 Å². The zero-order chi connectivity index (χ0) is 18.6. The van der Waals surface area contributed by atoms with E-state index < -0.39 is 0 Å². The molecule has 0 saturated carbocycles. The number of rotatable bonds is 4. The van der Waals surface area contributed by atoms with E-state index in [9.17, 15) is 4.39 Å². The minimum Gasteiger partial charge on any atom is -0.378 e. The van der Waals surface area contributed by atoms with E-state index in [4.69, 9.17) is 9.72 Å². The number of hydrogen-bond acceptors (Lipinski definition) is 6. The number of aryl methyl sites for hydroxylation is 1. The summed E-state index contributed by atoms with van der Waals surface area (Å²) in [6.07, 6.45) is 0. The van der Waals surface area contributed by atoms with Crippen LogP contribution in [0.25, 0.3) is 0 Å². The second-order valence-corrected chi connectivity index (χ2v) is 7.16. The van der Waals surface area contributed by atoms with Crippen LogP contribution in [-0.2, 0) is 11.3 Å². The third-order valence-corrected chi connectivity index (χ3v) is 5.14. The number of aromatic nitrogens is 2. The Morgan fingerprint density at radius 1 is 0.926 bits per heavy atom. The van der Waals surface area contributed by atoms with Crippen molar-refractivity contribution >= 4 is 11.8 Å². The van der Waals surface area contributed by atoms with Gasteiger partial charge >= 0.3 is 0 Å². The Hall–Kier alpha value is -2.25. The van der Waals surface area contributed by atoms with Gasteiger partial charge in [-0.15, -0.1) is 0 Å². The highest BCUT2D eigenvalue weighted by Crippen LogP contribution is 2.20. The summed E-state index contributed by atoms with van der Waals surface area (Å²) in [5.74, 6) is 1.63. The van der Waals surface area contributed by atoms with Crippen LogP contribution in [0.3, 0.4) is 0 Å². The standard InChI is InChI=1S/C20H26FN5O/c1-16-14-19(23-20(22-16)26-10-12-27-13-11-26)25-8-6-24(7-9-25)15-17-2-4-18(21)5-3-17/h2-5,14H,6-13,15H2,1H3. The highest BCUT2D eigenvalue weighted by atomic mass is 19.1. The maximum Gasteiger partial charge on any atom is 0.227 e. The summed E-state index contributed by atoms with van der Waals surface area (Å²) >= 11 is 0. The molecular formula is C20H26FN5O. The second-order valence-electron chi connectivity index (χ2n) is 7.16. The largest absolute Gasteiger partial charge is 0.378 e. The van der Waals surface area contributed by atoms with Crippen LogP contribution in [0.2, 0.25) is 0 Å². The third-order valence-electron chi connectivity index (χ3n) is 5.14. The Labute approximate surface area is 159 Å². The summed E-state index contributed by atoms with van der Waals surface area (Å²) in [5, 5.41) is 0. The van der Waals surface area contributed by atoms with Crippen LogP contribution in [0, 0.1) is 12.7 Å². The number of halogens is 1. The molecule has 1 aromatic heterocycles. The molecule has 0 N–H and O–H groups in total. The van der Waals surface area contributed by atoms with Gasteiger partial charge in [-0.1, -0.05) is 12.1 Å². The zero-order valence-corrected chi connectivity index (χ0v) is 15.8. The van der Waals surface area contributed by atoms with Gasteiger partial charge in [0.15, 0.2) is 0 Å². The minimum absolute atomic E-state index is 0.182. The lowest BCUT2D eigenvalue weighted by molar-refractivity contribution is 0.122. The lowest BCUT2D eigenvalue weighted by Gasteiger charge is -2.36. The molecule has 2 saturated heterocycles. The van der Waals surface area contributed by atoms with Gasteiger partial charge in [-0.3, -0.25) is 4.90 Å². The van der Waals surface area contributed by atoms with Crippen molar-refractivity contribution in [2.24, 2.45) is 0 Å². The van der Waals surface area contributed by atoms with Gasteiger partial charge < -0.3 is 14.5 Å². The summed E-state index contributed by atoms with van der Waals surface area (Å²) in [6.45, 7) is 9.82. The summed E-state index contributed by atoms with van der Waals surface area (Å²) in [6, 6.07) is 8.86. The van der Waals surface area contributed by atoms with Gasteiger partial charge in [0.1, 0.15) is 11.6 Å². The first kappa shape index (κ1) is 18.1. The number of nitrogens with zero attached hydrogens (tertiary/aromatic N) is 5. The van der Waals surface area contributed by atoms with Gasteiger partial charge in [0.25, 0.3) is 0 Å². The lowest BCUT2D eigenvalue weighted by atomic mass is 10.2. The quantitative estimate of drug-likeness (QED) is 0.820. The number of hydrogen-bond donors (Lipinski definition) is 0. The van der Waals surface area contributed by atoms with E-state index in [1.165, 1.54) is 12.1 Å². The van der Waals surface area contributed by atoms with Gasteiger partial charge in [0.2, 0.25) is 5.95 Å². The molecule has 6 nitrogen and oxygen atoms in total. The molecule has 0 unspecified atom stereocenters. The Kier molecular flexibility index (Phi) is 5.50. The number of piperazine rings is 1. The Balaban J connectivity index is 1.38. The molecule has 4 rings (SSSR count). The molecule has 0 bridgehead atoms. The van der Waals surface area contributed by atoms with Crippen molar-refractivity contribution < 1.29 is 9.13 Å². The fourth-order valence-electron chi connectivity index (χ4n) is 3.59. The predicted molar refractivity (Wildman–Crippen MR) is 104 cm³/mol. The highest BCUT2D eigenvalue weighted by molar-refractivity contribution is 5.46. The summed E-state index contributed by atoms with van der Waals surface area (Å²) in [5.41, 5.74) is 2.15. The maximum absolute atomic E-state index is 13.1. The predicted octanol–water partition coefficient (Wildman–Crippen LogP) is 2.08. The van der Waals surface area contributed by atoms with Crippen molar-refractivity contribution in [3.63, 3.8) is 0 Å². The average molecular weight is 371 g/mol. The molecule has 144 valence electrons. The molecule has 3 heterocycles. The first-order valence-electron chi connectivity index (χ1n) is 9.57. The molecule has 1 aromatic carbocycles. The van der Waals surface area contributed by atoms with Crippen LogP contribution in [0.1, 0.15) is 11.3 Å². The molecule has 0 atom stereocenters. The van der Waals surface area contributed by atoms with Crippen LogP contribution >= 0.6 is 0 Å². The van der Waals surface area contributed by atoms with Crippen molar-refractivity contribution in [1.29, 1.82) is 0 Å². The zero-order valence-electron chi connectivity index (χ0n) is 15.8. The number of ether oxygens (including phenoxy) is 1. The lowest BCUT2D eigenvalue weighted by Crippen LogP contribution is -2.46. The van der Waals surface area contributed by atoms with Crippen LogP contribution in [-0.4, -0.2) is 67.4 Å². The molecular weight excluding hydrogens is 345 g/mol. The molecule has 0 radical (unpaired) electrons. The van der Waals surface area contributed by atoms with E-state index in [-0.39, 0.29) is 5.82 Å². The van der Waals surface area contributed by atoms with Crippen LogP contribution in [0.5, 0.6) is 0 Å². The molecule has 0 aliphatic carbocycles. The molecule has 0 spiro atoms. The van der Waals surface area contributed by atoms with E-state index in [1.807, 2.05) is 19.1 Å². The van der Waals surface area contributed by atoms with Crippen LogP contribution < -0.4 is 9.80 Å². The van der Waals surface area contributed by atoms with Crippen molar-refractivity contribution in [2.45, 2.75) is 13.5 Å². The molecule has 2 aliphatic rings. The fraction of sp³-hybridized carbons (Fsp3) is 0.500. The van der Waals surface area contributed by atoms with Crippen molar-refractivity contribution in [2.75, 3.05) is 62.3 Å². The molecule has 27 heavy (non-hydrogen) atoms. The van der Waals surface area contributed by atoms with E-state index in [0.717, 1.165) is 82.1 Å². The molecule has 0 amide bonds. The van der Waals surface area contributed by atoms with Crippen LogP contribution in [0.4, 0.5) is 16.2 Å². The van der Waals surface area contributed by atoms with Crippen molar-refractivity contribution in [3.05, 3.63) is 47.4 Å². The molecule has 2 aliphatic heterocycles. The summed E-state index contributed by atoms with van der Waals surface area (Å²) in [7, 11) is 0. The fourth-order valence-corrected chi connectivity index (χ4v) is 3.59. The van der Waals surface area contributed by atoms with E-state index in [2.05, 4.69) is 25.8 Å². The number of morpholine rings is 1. The molecule has 2 aromatic rings. The van der Waals surface area contributed by atoms with Gasteiger partial charge in [0.05, 0.1) is 13.2 Å². The van der Waals surface area contributed by atoms with Crippen molar-refractivity contribution in [3.8, 4) is 0 Å². The van der Waals surface area contributed by atoms with E-state index >= 15 is 0 Å². The first-order chi connectivity index (χ1) is 13.2. The van der Waals surface area contributed by atoms with Gasteiger partial charge in [-0.2, -0.15) is 4.98 Å². The smallest absolute Gasteiger partial charge is 0.227 e. The Morgan fingerprint density at radius 3 is 2.33 bits per heavy atom. The second kappa shape index (κ2) is 8.19. The van der Waals surface area contributed by atoms with Crippen molar-refractivity contribution in [1.82, 2.24) is 14.9 Å². The summed E-state index contributed by atoms with van der Waals surface area (Å²) < 4.78 is 18.5. The summed E-state index contributed by atoms with van der Waals surface area (Å²) in [4.78, 5) is 16.4. The van der Waals surface area contributed by atoms with Crippen LogP contribution in [0.15, 0.2) is 30.3 Å². The number of anilines is 2. The number of benzene rings is 1. The Morgan fingerprint density at radius 2 is 1.63 bits per heavy atom. The highest BCUT2D eigenvalue weighted by Gasteiger charge is 2.21. The molecule has 2 fully saturated rings. The van der Waals surface area contributed by atoms with E-state index in [0.29, 0.717) is 0 Å². The monoisotopic (exact) mass is 371 g/mol. The topological polar surface area (TPSA) is 44.7 Å². The third kappa shape index (κ3) is 4.54. The SMILES string of the molecule is Cc1cc(N2CCN(Cc3ccc(F)cc3)CC2)nc(N2CCOCC2)n1. The minimum atomic E-state index is -0.182. The van der Waals surface area contributed by atoms with Gasteiger partial charge in [0, 0.05) is 57.6 Å². The maximum atomic E-state index is 13.1. The first-order valence-corrected chi connectivity index (χ1v) is 9.57. The van der Waals surface area contributed by atoms with Gasteiger partial charge in [-0.05, 0) is 24.6 Å². The van der Waals surface area contributed by atoms with E-state index in [1.54, 1.807) is 0 Å².